The van der Waals surface area contributed by atoms with E-state index in [1.165, 1.54) is 0 Å². The van der Waals surface area contributed by atoms with Crippen LogP contribution >= 0.6 is 0 Å². The van der Waals surface area contributed by atoms with Crippen molar-refractivity contribution < 1.29 is 9.53 Å². The molecule has 88 valence electrons. The van der Waals surface area contributed by atoms with Gasteiger partial charge in [-0.15, -0.1) is 0 Å². The molecule has 1 aromatic carbocycles. The van der Waals surface area contributed by atoms with Gasteiger partial charge in [0.15, 0.2) is 5.41 Å². The monoisotopic (exact) mass is 229 g/mol. The van der Waals surface area contributed by atoms with Crippen LogP contribution < -0.4 is 0 Å². The highest BCUT2D eigenvalue weighted by atomic mass is 16.5. The third-order valence-electron chi connectivity index (χ3n) is 3.66. The lowest BCUT2D eigenvalue weighted by Gasteiger charge is -2.15. The lowest BCUT2D eigenvalue weighted by Crippen LogP contribution is -2.25. The molecule has 0 amide bonds. The predicted octanol–water partition coefficient (Wildman–Crippen LogP) is 2.42. The molecule has 1 aliphatic rings. The summed E-state index contributed by atoms with van der Waals surface area (Å²) in [4.78, 5) is 11.9. The molecule has 0 unspecified atom stereocenters. The standard InChI is InChI=1S/C14H15NO2/c1-3-17-12(16)14(10-15)9-13(14,2)11-7-5-4-6-8-11/h4-8H,3,9H2,1-2H3/t13-,14+/m0/s1. The van der Waals surface area contributed by atoms with Crippen LogP contribution in [0.25, 0.3) is 0 Å². The summed E-state index contributed by atoms with van der Waals surface area (Å²) in [5.74, 6) is -0.395. The summed E-state index contributed by atoms with van der Waals surface area (Å²) in [5.41, 5.74) is -0.380. The highest BCUT2D eigenvalue weighted by Crippen LogP contribution is 2.64. The molecule has 0 bridgehead atoms. The van der Waals surface area contributed by atoms with E-state index in [4.69, 9.17) is 4.74 Å². The number of carbonyl (C=O) groups excluding carboxylic acids is 1. The number of esters is 1. The zero-order valence-corrected chi connectivity index (χ0v) is 10.1. The molecule has 0 spiro atoms. The van der Waals surface area contributed by atoms with E-state index in [-0.39, 0.29) is 0 Å². The van der Waals surface area contributed by atoms with Gasteiger partial charge in [0.1, 0.15) is 0 Å². The molecule has 0 N–H and O–H groups in total. The topological polar surface area (TPSA) is 50.1 Å². The van der Waals surface area contributed by atoms with Crippen molar-refractivity contribution in [2.24, 2.45) is 5.41 Å². The van der Waals surface area contributed by atoms with Gasteiger partial charge in [-0.2, -0.15) is 5.26 Å². The van der Waals surface area contributed by atoms with Crippen molar-refractivity contribution >= 4 is 5.97 Å². The summed E-state index contributed by atoms with van der Waals surface area (Å²) >= 11 is 0. The Hall–Kier alpha value is -1.82. The van der Waals surface area contributed by atoms with Gasteiger partial charge in [-0.25, -0.2) is 0 Å². The number of carbonyl (C=O) groups is 1. The SMILES string of the molecule is CCOC(=O)[C@]1(C#N)C[C@@]1(C)c1ccccc1. The number of rotatable bonds is 3. The van der Waals surface area contributed by atoms with Crippen LogP contribution in [-0.4, -0.2) is 12.6 Å². The van der Waals surface area contributed by atoms with Crippen LogP contribution in [0.2, 0.25) is 0 Å². The molecular weight excluding hydrogens is 214 g/mol. The maximum Gasteiger partial charge on any atom is 0.327 e. The van der Waals surface area contributed by atoms with E-state index in [0.717, 1.165) is 5.56 Å². The molecule has 0 aliphatic heterocycles. The Kier molecular flexibility index (Phi) is 2.66. The fourth-order valence-corrected chi connectivity index (χ4v) is 2.40. The van der Waals surface area contributed by atoms with Crippen molar-refractivity contribution in [3.8, 4) is 6.07 Å². The van der Waals surface area contributed by atoms with Gasteiger partial charge in [-0.05, 0) is 18.9 Å². The van der Waals surface area contributed by atoms with Gasteiger partial charge in [0, 0.05) is 5.41 Å². The number of hydrogen-bond donors (Lipinski definition) is 0. The Bertz CT molecular complexity index is 477. The van der Waals surface area contributed by atoms with Crippen molar-refractivity contribution in [3.05, 3.63) is 35.9 Å². The van der Waals surface area contributed by atoms with Crippen LogP contribution in [0, 0.1) is 16.7 Å². The molecule has 17 heavy (non-hydrogen) atoms. The van der Waals surface area contributed by atoms with Gasteiger partial charge >= 0.3 is 5.97 Å². The number of ether oxygens (including phenoxy) is 1. The van der Waals surface area contributed by atoms with E-state index in [9.17, 15) is 10.1 Å². The molecule has 0 saturated heterocycles. The molecule has 3 nitrogen and oxygen atoms in total. The third kappa shape index (κ3) is 1.52. The van der Waals surface area contributed by atoms with Gasteiger partial charge < -0.3 is 4.74 Å². The first-order valence-corrected chi connectivity index (χ1v) is 5.75. The first kappa shape index (κ1) is 11.7. The van der Waals surface area contributed by atoms with Crippen LogP contribution in [0.5, 0.6) is 0 Å². The summed E-state index contributed by atoms with van der Waals surface area (Å²) in [6.07, 6.45) is 0.541. The normalized spacial score (nSPS) is 30.4. The second-order valence-electron chi connectivity index (χ2n) is 4.61. The van der Waals surface area contributed by atoms with Crippen LogP contribution in [0.3, 0.4) is 0 Å². The van der Waals surface area contributed by atoms with E-state index in [1.54, 1.807) is 6.92 Å². The van der Waals surface area contributed by atoms with Gasteiger partial charge in [0.2, 0.25) is 0 Å². The Morgan fingerprint density at radius 2 is 2.12 bits per heavy atom. The minimum Gasteiger partial charge on any atom is -0.465 e. The molecule has 3 heteroatoms. The highest BCUT2D eigenvalue weighted by molar-refractivity contribution is 5.87. The molecule has 2 atom stereocenters. The molecule has 1 aromatic rings. The van der Waals surface area contributed by atoms with Gasteiger partial charge in [0.05, 0.1) is 12.7 Å². The van der Waals surface area contributed by atoms with Crippen LogP contribution in [0.1, 0.15) is 25.8 Å². The van der Waals surface area contributed by atoms with Crippen LogP contribution in [-0.2, 0) is 14.9 Å². The minimum absolute atomic E-state index is 0.313. The zero-order chi connectivity index (χ0) is 12.5. The van der Waals surface area contributed by atoms with Gasteiger partial charge in [0.25, 0.3) is 0 Å². The molecule has 1 aliphatic carbocycles. The summed E-state index contributed by atoms with van der Waals surface area (Å²) < 4.78 is 5.02. The quantitative estimate of drug-likeness (QED) is 0.748. The Morgan fingerprint density at radius 1 is 1.47 bits per heavy atom. The number of nitriles is 1. The summed E-state index contributed by atoms with van der Waals surface area (Å²) in [7, 11) is 0. The molecule has 0 heterocycles. The van der Waals surface area contributed by atoms with E-state index in [0.29, 0.717) is 13.0 Å². The van der Waals surface area contributed by atoms with Gasteiger partial charge in [-0.3, -0.25) is 4.79 Å². The second kappa shape index (κ2) is 3.89. The van der Waals surface area contributed by atoms with Crippen LogP contribution in [0.4, 0.5) is 0 Å². The van der Waals surface area contributed by atoms with Crippen molar-refractivity contribution in [1.29, 1.82) is 5.26 Å². The first-order valence-electron chi connectivity index (χ1n) is 5.75. The molecule has 2 rings (SSSR count). The van der Waals surface area contributed by atoms with E-state index >= 15 is 0 Å². The van der Waals surface area contributed by atoms with Crippen molar-refractivity contribution in [2.75, 3.05) is 6.61 Å². The second-order valence-corrected chi connectivity index (χ2v) is 4.61. The summed E-state index contributed by atoms with van der Waals surface area (Å²) in [5, 5.41) is 9.30. The van der Waals surface area contributed by atoms with E-state index < -0.39 is 16.8 Å². The lowest BCUT2D eigenvalue weighted by atomic mass is 9.88. The molecule has 1 saturated carbocycles. The molecule has 0 aromatic heterocycles. The lowest BCUT2D eigenvalue weighted by molar-refractivity contribution is -0.148. The Balaban J connectivity index is 2.33. The van der Waals surface area contributed by atoms with E-state index in [1.807, 2.05) is 37.3 Å². The highest BCUT2D eigenvalue weighted by Gasteiger charge is 2.72. The molecular formula is C14H15NO2. The number of nitrogens with zero attached hydrogens (tertiary/aromatic N) is 1. The Morgan fingerprint density at radius 3 is 2.65 bits per heavy atom. The van der Waals surface area contributed by atoms with Crippen molar-refractivity contribution in [1.82, 2.24) is 0 Å². The molecule has 1 fully saturated rings. The zero-order valence-electron chi connectivity index (χ0n) is 10.1. The maximum atomic E-state index is 11.9. The predicted molar refractivity (Wildman–Crippen MR) is 63.1 cm³/mol. The van der Waals surface area contributed by atoms with Crippen molar-refractivity contribution in [3.63, 3.8) is 0 Å². The molecule has 0 radical (unpaired) electrons. The van der Waals surface area contributed by atoms with E-state index in [2.05, 4.69) is 6.07 Å². The van der Waals surface area contributed by atoms with Crippen molar-refractivity contribution in [2.45, 2.75) is 25.7 Å². The first-order chi connectivity index (χ1) is 8.10. The Labute approximate surface area is 101 Å². The van der Waals surface area contributed by atoms with Crippen LogP contribution in [0.15, 0.2) is 30.3 Å². The van der Waals surface area contributed by atoms with Gasteiger partial charge in [-0.1, -0.05) is 37.3 Å². The minimum atomic E-state index is -0.996. The summed E-state index contributed by atoms with van der Waals surface area (Å²) in [6, 6.07) is 11.8. The average molecular weight is 229 g/mol. The maximum absolute atomic E-state index is 11.9. The smallest absolute Gasteiger partial charge is 0.327 e. The summed E-state index contributed by atoms with van der Waals surface area (Å²) in [6.45, 7) is 4.01. The number of hydrogen-bond acceptors (Lipinski definition) is 3. The fraction of sp³-hybridized carbons (Fsp3) is 0.429. The average Bonchev–Trinajstić information content (AvgIpc) is 3.00. The largest absolute Gasteiger partial charge is 0.465 e. The fourth-order valence-electron chi connectivity index (χ4n) is 2.40. The third-order valence-corrected chi connectivity index (χ3v) is 3.66. The number of benzene rings is 1.